The van der Waals surface area contributed by atoms with Crippen molar-refractivity contribution >= 4 is 15.9 Å². The summed E-state index contributed by atoms with van der Waals surface area (Å²) in [5.41, 5.74) is 2.71. The van der Waals surface area contributed by atoms with Gasteiger partial charge in [0.15, 0.2) is 0 Å². The largest absolute Gasteiger partial charge is 0.309 e. The van der Waals surface area contributed by atoms with Crippen LogP contribution in [-0.4, -0.2) is 31.1 Å². The van der Waals surface area contributed by atoms with Gasteiger partial charge in [0.05, 0.1) is 0 Å². The lowest BCUT2D eigenvalue weighted by Crippen LogP contribution is -2.37. The summed E-state index contributed by atoms with van der Waals surface area (Å²) in [6.07, 6.45) is 0. The monoisotopic (exact) mass is 298 g/mol. The van der Waals surface area contributed by atoms with Crippen LogP contribution in [0.1, 0.15) is 25.0 Å². The lowest BCUT2D eigenvalue weighted by atomic mass is 10.1. The minimum absolute atomic E-state index is 0.517. The Kier molecular flexibility index (Phi) is 6.17. The molecule has 0 aliphatic carbocycles. The van der Waals surface area contributed by atoms with Crippen LogP contribution in [0.5, 0.6) is 0 Å². The maximum Gasteiger partial charge on any atom is 0.0211 e. The van der Waals surface area contributed by atoms with Gasteiger partial charge in [-0.1, -0.05) is 28.9 Å². The molecule has 0 aliphatic heterocycles. The number of nitrogens with zero attached hydrogens (tertiary/aromatic N) is 1. The molecule has 2 nitrogen and oxygen atoms in total. The van der Waals surface area contributed by atoms with Crippen LogP contribution >= 0.6 is 15.9 Å². The SMILES string of the molecule is CCN(C)CC(C)NCc1ccc(Br)cc1C. The van der Waals surface area contributed by atoms with Gasteiger partial charge in [0.2, 0.25) is 0 Å². The highest BCUT2D eigenvalue weighted by Gasteiger charge is 2.05. The van der Waals surface area contributed by atoms with Gasteiger partial charge >= 0.3 is 0 Å². The van der Waals surface area contributed by atoms with Gasteiger partial charge in [-0.25, -0.2) is 0 Å². The second-order valence-corrected chi connectivity index (χ2v) is 5.62. The van der Waals surface area contributed by atoms with Crippen LogP contribution in [0.3, 0.4) is 0 Å². The van der Waals surface area contributed by atoms with E-state index in [1.54, 1.807) is 0 Å². The Morgan fingerprint density at radius 3 is 2.71 bits per heavy atom. The van der Waals surface area contributed by atoms with Crippen LogP contribution in [0.25, 0.3) is 0 Å². The average Bonchev–Trinajstić information content (AvgIpc) is 2.27. The molecule has 96 valence electrons. The molecule has 0 heterocycles. The zero-order chi connectivity index (χ0) is 12.8. The molecule has 0 saturated carbocycles. The third-order valence-corrected chi connectivity index (χ3v) is 3.56. The van der Waals surface area contributed by atoms with Gasteiger partial charge in [-0.05, 0) is 50.7 Å². The first-order valence-corrected chi connectivity index (χ1v) is 6.99. The van der Waals surface area contributed by atoms with Gasteiger partial charge in [-0.3, -0.25) is 0 Å². The highest BCUT2D eigenvalue weighted by molar-refractivity contribution is 9.10. The fourth-order valence-electron chi connectivity index (χ4n) is 1.80. The number of benzene rings is 1. The molecular formula is C14H23BrN2. The standard InChI is InChI=1S/C14H23BrN2/c1-5-17(4)10-12(3)16-9-13-6-7-14(15)8-11(13)2/h6-8,12,16H,5,9-10H2,1-4H3. The molecule has 0 fully saturated rings. The number of likely N-dealkylation sites (N-methyl/N-ethyl adjacent to an activating group) is 1. The van der Waals surface area contributed by atoms with Crippen LogP contribution in [0.4, 0.5) is 0 Å². The van der Waals surface area contributed by atoms with Gasteiger partial charge in [-0.2, -0.15) is 0 Å². The molecule has 0 saturated heterocycles. The summed E-state index contributed by atoms with van der Waals surface area (Å²) in [7, 11) is 2.16. The Labute approximate surface area is 114 Å². The first-order valence-electron chi connectivity index (χ1n) is 6.20. The van der Waals surface area contributed by atoms with Gasteiger partial charge in [0.25, 0.3) is 0 Å². The Balaban J connectivity index is 2.44. The molecule has 1 rings (SSSR count). The second kappa shape index (κ2) is 7.14. The van der Waals surface area contributed by atoms with Gasteiger partial charge in [0.1, 0.15) is 0 Å². The highest BCUT2D eigenvalue weighted by atomic mass is 79.9. The highest BCUT2D eigenvalue weighted by Crippen LogP contribution is 2.15. The minimum Gasteiger partial charge on any atom is -0.309 e. The Hall–Kier alpha value is -0.380. The van der Waals surface area contributed by atoms with E-state index in [9.17, 15) is 0 Å². The summed E-state index contributed by atoms with van der Waals surface area (Å²) in [5.74, 6) is 0. The van der Waals surface area contributed by atoms with E-state index in [1.807, 2.05) is 0 Å². The van der Waals surface area contributed by atoms with Crippen LogP contribution in [0.15, 0.2) is 22.7 Å². The van der Waals surface area contributed by atoms with E-state index in [0.29, 0.717) is 6.04 Å². The maximum atomic E-state index is 3.57. The van der Waals surface area contributed by atoms with E-state index >= 15 is 0 Å². The topological polar surface area (TPSA) is 15.3 Å². The van der Waals surface area contributed by atoms with E-state index in [0.717, 1.165) is 24.1 Å². The van der Waals surface area contributed by atoms with Crippen molar-refractivity contribution in [2.24, 2.45) is 0 Å². The normalized spacial score (nSPS) is 13.1. The molecule has 1 N–H and O–H groups in total. The van der Waals surface area contributed by atoms with Crippen molar-refractivity contribution in [1.82, 2.24) is 10.2 Å². The maximum absolute atomic E-state index is 3.57. The van der Waals surface area contributed by atoms with Crippen molar-refractivity contribution in [2.75, 3.05) is 20.1 Å². The molecule has 0 amide bonds. The Morgan fingerprint density at radius 2 is 2.12 bits per heavy atom. The fourth-order valence-corrected chi connectivity index (χ4v) is 2.28. The molecule has 3 heteroatoms. The Bertz CT molecular complexity index is 352. The first kappa shape index (κ1) is 14.7. The predicted molar refractivity (Wildman–Crippen MR) is 78.4 cm³/mol. The van der Waals surface area contributed by atoms with E-state index < -0.39 is 0 Å². The van der Waals surface area contributed by atoms with Crippen molar-refractivity contribution in [3.63, 3.8) is 0 Å². The molecule has 0 bridgehead atoms. The van der Waals surface area contributed by atoms with Crippen molar-refractivity contribution in [2.45, 2.75) is 33.4 Å². The zero-order valence-electron chi connectivity index (χ0n) is 11.3. The zero-order valence-corrected chi connectivity index (χ0v) is 12.8. The molecule has 0 aromatic heterocycles. The van der Waals surface area contributed by atoms with E-state index in [4.69, 9.17) is 0 Å². The van der Waals surface area contributed by atoms with Crippen molar-refractivity contribution < 1.29 is 0 Å². The number of halogens is 1. The van der Waals surface area contributed by atoms with Crippen molar-refractivity contribution in [3.05, 3.63) is 33.8 Å². The van der Waals surface area contributed by atoms with Crippen LogP contribution < -0.4 is 5.32 Å². The van der Waals surface area contributed by atoms with E-state index in [2.05, 4.69) is 72.2 Å². The second-order valence-electron chi connectivity index (χ2n) is 4.71. The summed E-state index contributed by atoms with van der Waals surface area (Å²) in [4.78, 5) is 2.33. The predicted octanol–water partition coefficient (Wildman–Crippen LogP) is 3.19. The van der Waals surface area contributed by atoms with Gasteiger partial charge in [-0.15, -0.1) is 0 Å². The van der Waals surface area contributed by atoms with Crippen LogP contribution in [0, 0.1) is 6.92 Å². The molecule has 1 aromatic rings. The number of rotatable bonds is 6. The lowest BCUT2D eigenvalue weighted by molar-refractivity contribution is 0.309. The number of hydrogen-bond donors (Lipinski definition) is 1. The lowest BCUT2D eigenvalue weighted by Gasteiger charge is -2.21. The third kappa shape index (κ3) is 5.19. The smallest absolute Gasteiger partial charge is 0.0211 e. The summed E-state index contributed by atoms with van der Waals surface area (Å²) in [5, 5.41) is 3.57. The van der Waals surface area contributed by atoms with Crippen LogP contribution in [-0.2, 0) is 6.54 Å². The molecule has 0 spiro atoms. The molecule has 1 unspecified atom stereocenters. The van der Waals surface area contributed by atoms with Gasteiger partial charge < -0.3 is 10.2 Å². The molecular weight excluding hydrogens is 276 g/mol. The number of hydrogen-bond acceptors (Lipinski definition) is 2. The molecule has 1 atom stereocenters. The first-order chi connectivity index (χ1) is 8.02. The summed E-state index contributed by atoms with van der Waals surface area (Å²) < 4.78 is 1.15. The Morgan fingerprint density at radius 1 is 1.41 bits per heavy atom. The summed E-state index contributed by atoms with van der Waals surface area (Å²) >= 11 is 3.49. The van der Waals surface area contributed by atoms with E-state index in [1.165, 1.54) is 11.1 Å². The third-order valence-electron chi connectivity index (χ3n) is 3.07. The quantitative estimate of drug-likeness (QED) is 0.868. The van der Waals surface area contributed by atoms with Crippen molar-refractivity contribution in [1.29, 1.82) is 0 Å². The number of nitrogens with one attached hydrogen (secondary N) is 1. The fraction of sp³-hybridized carbons (Fsp3) is 0.571. The minimum atomic E-state index is 0.517. The summed E-state index contributed by atoms with van der Waals surface area (Å²) in [6, 6.07) is 6.97. The number of aryl methyl sites for hydroxylation is 1. The molecule has 0 aliphatic rings. The van der Waals surface area contributed by atoms with E-state index in [-0.39, 0.29) is 0 Å². The molecule has 17 heavy (non-hydrogen) atoms. The van der Waals surface area contributed by atoms with Crippen LogP contribution in [0.2, 0.25) is 0 Å². The molecule has 0 radical (unpaired) electrons. The van der Waals surface area contributed by atoms with Crippen molar-refractivity contribution in [3.8, 4) is 0 Å². The summed E-state index contributed by atoms with van der Waals surface area (Å²) in [6.45, 7) is 9.71. The average molecular weight is 299 g/mol. The molecule has 1 aromatic carbocycles. The van der Waals surface area contributed by atoms with Gasteiger partial charge in [0, 0.05) is 23.6 Å².